The summed E-state index contributed by atoms with van der Waals surface area (Å²) in [4.78, 5) is 11.7. The molecule has 1 heterocycles. The van der Waals surface area contributed by atoms with E-state index in [0.29, 0.717) is 22.5 Å². The SMILES string of the molecule is Cc1ccc(C)c(CNc2ccc3c(=O)[nH]nc(Cl)c3c2)c1. The second-order valence-electron chi connectivity index (χ2n) is 5.39. The largest absolute Gasteiger partial charge is 0.381 e. The second-order valence-corrected chi connectivity index (χ2v) is 5.75. The summed E-state index contributed by atoms with van der Waals surface area (Å²) in [6.07, 6.45) is 0. The van der Waals surface area contributed by atoms with Crippen molar-refractivity contribution in [3.8, 4) is 0 Å². The Bertz CT molecular complexity index is 902. The van der Waals surface area contributed by atoms with Gasteiger partial charge in [0, 0.05) is 17.6 Å². The van der Waals surface area contributed by atoms with Gasteiger partial charge < -0.3 is 5.32 Å². The van der Waals surface area contributed by atoms with Crippen LogP contribution in [0.4, 0.5) is 5.69 Å². The summed E-state index contributed by atoms with van der Waals surface area (Å²) in [5.41, 5.74) is 4.40. The Morgan fingerprint density at radius 3 is 2.77 bits per heavy atom. The fourth-order valence-electron chi connectivity index (χ4n) is 2.43. The first kappa shape index (κ1) is 14.6. The minimum absolute atomic E-state index is 0.236. The van der Waals surface area contributed by atoms with E-state index in [-0.39, 0.29) is 5.56 Å². The molecular formula is C17H16ClN3O. The normalized spacial score (nSPS) is 10.9. The van der Waals surface area contributed by atoms with Crippen LogP contribution >= 0.6 is 11.6 Å². The number of rotatable bonds is 3. The molecule has 112 valence electrons. The van der Waals surface area contributed by atoms with Gasteiger partial charge in [-0.15, -0.1) is 0 Å². The first-order valence-corrected chi connectivity index (χ1v) is 7.40. The van der Waals surface area contributed by atoms with Gasteiger partial charge in [0.05, 0.1) is 5.39 Å². The van der Waals surface area contributed by atoms with E-state index in [2.05, 4.69) is 47.6 Å². The average Bonchev–Trinajstić information content (AvgIpc) is 2.52. The zero-order chi connectivity index (χ0) is 15.7. The van der Waals surface area contributed by atoms with E-state index >= 15 is 0 Å². The molecule has 0 aliphatic heterocycles. The third-order valence-corrected chi connectivity index (χ3v) is 4.02. The van der Waals surface area contributed by atoms with Gasteiger partial charge in [0.1, 0.15) is 0 Å². The monoisotopic (exact) mass is 313 g/mol. The van der Waals surface area contributed by atoms with E-state index in [9.17, 15) is 4.79 Å². The van der Waals surface area contributed by atoms with Crippen LogP contribution < -0.4 is 10.9 Å². The standard InChI is InChI=1S/C17H16ClN3O/c1-10-3-4-11(2)12(7-10)9-19-13-5-6-14-15(8-13)16(18)20-21-17(14)22/h3-8,19H,9H2,1-2H3,(H,21,22). The molecule has 3 aromatic rings. The summed E-state index contributed by atoms with van der Waals surface area (Å²) < 4.78 is 0. The van der Waals surface area contributed by atoms with Crippen molar-refractivity contribution in [2.24, 2.45) is 0 Å². The smallest absolute Gasteiger partial charge is 0.272 e. The van der Waals surface area contributed by atoms with Crippen molar-refractivity contribution >= 4 is 28.1 Å². The van der Waals surface area contributed by atoms with Crippen molar-refractivity contribution in [2.45, 2.75) is 20.4 Å². The number of nitrogens with zero attached hydrogens (tertiary/aromatic N) is 1. The van der Waals surface area contributed by atoms with Crippen LogP contribution in [0.25, 0.3) is 10.8 Å². The molecule has 3 rings (SSSR count). The van der Waals surface area contributed by atoms with Gasteiger partial charge in [-0.25, -0.2) is 5.10 Å². The van der Waals surface area contributed by atoms with Crippen LogP contribution in [-0.2, 0) is 6.54 Å². The lowest BCUT2D eigenvalue weighted by Crippen LogP contribution is -2.09. The van der Waals surface area contributed by atoms with E-state index in [1.54, 1.807) is 6.07 Å². The molecule has 2 aromatic carbocycles. The van der Waals surface area contributed by atoms with Gasteiger partial charge in [-0.2, -0.15) is 5.10 Å². The van der Waals surface area contributed by atoms with Crippen LogP contribution in [0.3, 0.4) is 0 Å². The van der Waals surface area contributed by atoms with Gasteiger partial charge in [-0.3, -0.25) is 4.79 Å². The Balaban J connectivity index is 1.90. The second kappa shape index (κ2) is 5.81. The van der Waals surface area contributed by atoms with E-state index in [4.69, 9.17) is 11.6 Å². The van der Waals surface area contributed by atoms with Crippen LogP contribution in [0.1, 0.15) is 16.7 Å². The molecule has 0 radical (unpaired) electrons. The van der Waals surface area contributed by atoms with Crippen molar-refractivity contribution in [3.05, 3.63) is 68.6 Å². The molecule has 1 aromatic heterocycles. The number of benzene rings is 2. The van der Waals surface area contributed by atoms with Crippen LogP contribution in [0, 0.1) is 13.8 Å². The Morgan fingerprint density at radius 1 is 1.14 bits per heavy atom. The summed E-state index contributed by atoms with van der Waals surface area (Å²) in [5.74, 6) is 0. The number of halogens is 1. The van der Waals surface area contributed by atoms with Gasteiger partial charge in [0.25, 0.3) is 5.56 Å². The molecule has 0 atom stereocenters. The highest BCUT2D eigenvalue weighted by molar-refractivity contribution is 6.34. The average molecular weight is 314 g/mol. The molecule has 5 heteroatoms. The first-order valence-electron chi connectivity index (χ1n) is 7.02. The summed E-state index contributed by atoms with van der Waals surface area (Å²) in [6.45, 7) is 4.89. The lowest BCUT2D eigenvalue weighted by Gasteiger charge is -2.11. The van der Waals surface area contributed by atoms with Gasteiger partial charge in [0.15, 0.2) is 5.15 Å². The topological polar surface area (TPSA) is 57.8 Å². The number of hydrogen-bond donors (Lipinski definition) is 2. The van der Waals surface area contributed by atoms with Crippen LogP contribution in [0.5, 0.6) is 0 Å². The van der Waals surface area contributed by atoms with Gasteiger partial charge in [-0.1, -0.05) is 35.4 Å². The Labute approximate surface area is 133 Å². The van der Waals surface area contributed by atoms with Crippen molar-refractivity contribution in [1.82, 2.24) is 10.2 Å². The number of aromatic amines is 1. The summed E-state index contributed by atoms with van der Waals surface area (Å²) >= 11 is 6.06. The number of aromatic nitrogens is 2. The van der Waals surface area contributed by atoms with Gasteiger partial charge in [0.2, 0.25) is 0 Å². The highest BCUT2D eigenvalue weighted by Crippen LogP contribution is 2.22. The number of hydrogen-bond acceptors (Lipinski definition) is 3. The third-order valence-electron chi connectivity index (χ3n) is 3.73. The van der Waals surface area contributed by atoms with Gasteiger partial charge in [-0.05, 0) is 43.2 Å². The highest BCUT2D eigenvalue weighted by atomic mass is 35.5. The zero-order valence-electron chi connectivity index (χ0n) is 12.4. The van der Waals surface area contributed by atoms with Crippen molar-refractivity contribution < 1.29 is 0 Å². The predicted octanol–water partition coefficient (Wildman–Crippen LogP) is 3.81. The molecule has 0 spiro atoms. The molecule has 0 saturated heterocycles. The molecule has 2 N–H and O–H groups in total. The Hall–Kier alpha value is -2.33. The van der Waals surface area contributed by atoms with E-state index < -0.39 is 0 Å². The fraction of sp³-hybridized carbons (Fsp3) is 0.176. The van der Waals surface area contributed by atoms with E-state index in [0.717, 1.165) is 5.69 Å². The molecule has 0 fully saturated rings. The van der Waals surface area contributed by atoms with E-state index in [1.807, 2.05) is 12.1 Å². The molecule has 4 nitrogen and oxygen atoms in total. The van der Waals surface area contributed by atoms with Crippen LogP contribution in [0.2, 0.25) is 5.15 Å². The first-order chi connectivity index (χ1) is 10.5. The molecule has 0 bridgehead atoms. The third kappa shape index (κ3) is 2.83. The predicted molar refractivity (Wildman–Crippen MR) is 90.6 cm³/mol. The number of anilines is 1. The number of nitrogens with one attached hydrogen (secondary N) is 2. The maximum atomic E-state index is 11.7. The molecule has 0 aliphatic rings. The summed E-state index contributed by atoms with van der Waals surface area (Å²) in [5, 5.41) is 11.0. The molecule has 0 aliphatic carbocycles. The lowest BCUT2D eigenvalue weighted by atomic mass is 10.1. The zero-order valence-corrected chi connectivity index (χ0v) is 13.2. The van der Waals surface area contributed by atoms with Crippen LogP contribution in [-0.4, -0.2) is 10.2 Å². The maximum Gasteiger partial charge on any atom is 0.272 e. The molecular weight excluding hydrogens is 298 g/mol. The van der Waals surface area contributed by atoms with Crippen molar-refractivity contribution in [3.63, 3.8) is 0 Å². The molecule has 0 unspecified atom stereocenters. The van der Waals surface area contributed by atoms with E-state index in [1.165, 1.54) is 16.7 Å². The highest BCUT2D eigenvalue weighted by Gasteiger charge is 2.06. The molecule has 22 heavy (non-hydrogen) atoms. The summed E-state index contributed by atoms with van der Waals surface area (Å²) in [6, 6.07) is 11.9. The van der Waals surface area contributed by atoms with Crippen LogP contribution in [0.15, 0.2) is 41.2 Å². The lowest BCUT2D eigenvalue weighted by molar-refractivity contribution is 1.01. The Kier molecular flexibility index (Phi) is 3.86. The quantitative estimate of drug-likeness (QED) is 0.773. The molecule has 0 saturated carbocycles. The number of fused-ring (bicyclic) bond motifs is 1. The number of H-pyrrole nitrogens is 1. The summed E-state index contributed by atoms with van der Waals surface area (Å²) in [7, 11) is 0. The van der Waals surface area contributed by atoms with Crippen molar-refractivity contribution in [2.75, 3.05) is 5.32 Å². The number of aryl methyl sites for hydroxylation is 2. The van der Waals surface area contributed by atoms with Crippen molar-refractivity contribution in [1.29, 1.82) is 0 Å². The minimum atomic E-state index is -0.236. The molecule has 0 amide bonds. The Morgan fingerprint density at radius 2 is 1.95 bits per heavy atom. The fourth-order valence-corrected chi connectivity index (χ4v) is 2.63. The van der Waals surface area contributed by atoms with Gasteiger partial charge >= 0.3 is 0 Å². The maximum absolute atomic E-state index is 11.7. The minimum Gasteiger partial charge on any atom is -0.381 e.